The number of benzene rings is 1. The van der Waals surface area contributed by atoms with Gasteiger partial charge < -0.3 is 5.11 Å². The molecule has 0 spiro atoms. The number of hydrogen-bond acceptors (Lipinski definition) is 3. The number of carboxylic acid groups (broad SMARTS) is 1. The van der Waals surface area contributed by atoms with Crippen LogP contribution >= 0.6 is 0 Å². The van der Waals surface area contributed by atoms with Crippen molar-refractivity contribution in [1.29, 1.82) is 0 Å². The number of carbonyl (C=O) groups is 1. The van der Waals surface area contributed by atoms with Crippen molar-refractivity contribution in [3.8, 4) is 11.3 Å². The average Bonchev–Trinajstić information content (AvgIpc) is 2.55. The van der Waals surface area contributed by atoms with Gasteiger partial charge in [-0.05, 0) is 43.0 Å². The lowest BCUT2D eigenvalue weighted by molar-refractivity contribution is -0.139. The molecule has 0 saturated heterocycles. The first-order chi connectivity index (χ1) is 11.1. The summed E-state index contributed by atoms with van der Waals surface area (Å²) in [6.07, 6.45) is 1.84. The van der Waals surface area contributed by atoms with Crippen LogP contribution in [0.5, 0.6) is 0 Å². The minimum Gasteiger partial charge on any atom is -0.481 e. The van der Waals surface area contributed by atoms with Crippen molar-refractivity contribution in [2.75, 3.05) is 0 Å². The number of fused-ring (bicyclic) bond motifs is 1. The third-order valence-electron chi connectivity index (χ3n) is 3.69. The summed E-state index contributed by atoms with van der Waals surface area (Å²) in [6.45, 7) is 4.00. The summed E-state index contributed by atoms with van der Waals surface area (Å²) < 4.78 is 27.5. The summed E-state index contributed by atoms with van der Waals surface area (Å²) in [5.41, 5.74) is 0.955. The van der Waals surface area contributed by atoms with Crippen LogP contribution in [-0.2, 0) is 11.2 Å². The molecule has 1 unspecified atom stereocenters. The molecule has 1 heterocycles. The Morgan fingerprint density at radius 1 is 1.21 bits per heavy atom. The molecule has 1 N–H and O–H groups in total. The Bertz CT molecular complexity index is 700. The first-order valence-electron chi connectivity index (χ1n) is 7.61. The molecule has 0 radical (unpaired) electrons. The molecule has 2 aromatic rings. The summed E-state index contributed by atoms with van der Waals surface area (Å²) in [6, 6.07) is 5.12. The second kappa shape index (κ2) is 8.47. The smallest absolute Gasteiger partial charge is 0.312 e. The molecule has 0 bridgehead atoms. The first kappa shape index (κ1) is 19.7. The topological polar surface area (TPSA) is 63.1 Å². The van der Waals surface area contributed by atoms with Gasteiger partial charge in [0.15, 0.2) is 0 Å². The summed E-state index contributed by atoms with van der Waals surface area (Å²) in [4.78, 5) is 11.2. The number of aromatic nitrogens is 2. The second-order valence-corrected chi connectivity index (χ2v) is 5.02. The van der Waals surface area contributed by atoms with Crippen molar-refractivity contribution in [3.05, 3.63) is 47.2 Å². The highest BCUT2D eigenvalue weighted by Gasteiger charge is 2.29. The standard InChI is InChI=1S/C15H12F2N2O2.C2H6.CH4/c16-10-5-2-6-11(17)13(10)12-7-8-3-1-4-9(15(20)21)14(8)19-18-12;1-2;/h2,5-7,9H,1,3-4H2,(H,20,21);1-2H3;1H4. The van der Waals surface area contributed by atoms with Gasteiger partial charge in [0.05, 0.1) is 17.0 Å². The Kier molecular flexibility index (Phi) is 6.95. The van der Waals surface area contributed by atoms with Gasteiger partial charge in [-0.1, -0.05) is 27.3 Å². The maximum atomic E-state index is 13.8. The van der Waals surface area contributed by atoms with E-state index in [0.29, 0.717) is 30.5 Å². The number of rotatable bonds is 2. The van der Waals surface area contributed by atoms with E-state index in [1.165, 1.54) is 6.07 Å². The van der Waals surface area contributed by atoms with Gasteiger partial charge in [0.2, 0.25) is 0 Å². The van der Waals surface area contributed by atoms with Crippen molar-refractivity contribution < 1.29 is 18.7 Å². The highest BCUT2D eigenvalue weighted by atomic mass is 19.1. The Labute approximate surface area is 140 Å². The van der Waals surface area contributed by atoms with Gasteiger partial charge in [0.25, 0.3) is 0 Å². The van der Waals surface area contributed by atoms with E-state index < -0.39 is 23.5 Å². The molecule has 1 atom stereocenters. The minimum atomic E-state index is -0.949. The average molecular weight is 336 g/mol. The minimum absolute atomic E-state index is 0. The van der Waals surface area contributed by atoms with Crippen LogP contribution in [-0.4, -0.2) is 21.3 Å². The Balaban J connectivity index is 0.000000925. The number of aryl methyl sites for hydroxylation is 1. The summed E-state index contributed by atoms with van der Waals surface area (Å²) >= 11 is 0. The Hall–Kier alpha value is -2.37. The molecule has 6 heteroatoms. The molecule has 24 heavy (non-hydrogen) atoms. The third-order valence-corrected chi connectivity index (χ3v) is 3.69. The van der Waals surface area contributed by atoms with Crippen molar-refractivity contribution in [3.63, 3.8) is 0 Å². The van der Waals surface area contributed by atoms with Crippen molar-refractivity contribution >= 4 is 5.97 Å². The predicted octanol–water partition coefficient (Wildman–Crippen LogP) is 4.59. The van der Waals surface area contributed by atoms with Gasteiger partial charge in [-0.15, -0.1) is 5.10 Å². The van der Waals surface area contributed by atoms with Gasteiger partial charge in [-0.3, -0.25) is 4.79 Å². The molecule has 0 aliphatic heterocycles. The lowest BCUT2D eigenvalue weighted by atomic mass is 9.86. The van der Waals surface area contributed by atoms with Crippen LogP contribution in [0, 0.1) is 11.6 Å². The zero-order chi connectivity index (χ0) is 17.0. The van der Waals surface area contributed by atoms with Crippen LogP contribution in [0.3, 0.4) is 0 Å². The van der Waals surface area contributed by atoms with Crippen molar-refractivity contribution in [1.82, 2.24) is 10.2 Å². The summed E-state index contributed by atoms with van der Waals surface area (Å²) in [7, 11) is 0. The fraction of sp³-hybridized carbons (Fsp3) is 0.389. The Morgan fingerprint density at radius 3 is 2.42 bits per heavy atom. The fourth-order valence-electron chi connectivity index (χ4n) is 2.67. The van der Waals surface area contributed by atoms with Crippen LogP contribution < -0.4 is 0 Å². The van der Waals surface area contributed by atoms with Gasteiger partial charge in [-0.2, -0.15) is 5.10 Å². The zero-order valence-corrected chi connectivity index (χ0v) is 13.0. The number of halogens is 2. The molecule has 1 aliphatic carbocycles. The molecule has 130 valence electrons. The lowest BCUT2D eigenvalue weighted by Crippen LogP contribution is -2.20. The van der Waals surface area contributed by atoms with Crippen LogP contribution in [0.4, 0.5) is 8.78 Å². The van der Waals surface area contributed by atoms with Crippen molar-refractivity contribution in [2.45, 2.75) is 46.5 Å². The maximum absolute atomic E-state index is 13.8. The van der Waals surface area contributed by atoms with Gasteiger partial charge in [-0.25, -0.2) is 8.78 Å². The highest BCUT2D eigenvalue weighted by Crippen LogP contribution is 2.32. The predicted molar refractivity (Wildman–Crippen MR) is 88.8 cm³/mol. The first-order valence-corrected chi connectivity index (χ1v) is 7.61. The molecule has 0 saturated carbocycles. The maximum Gasteiger partial charge on any atom is 0.312 e. The molecular formula is C18H22F2N2O2. The van der Waals surface area contributed by atoms with Crippen molar-refractivity contribution in [2.24, 2.45) is 0 Å². The molecule has 4 nitrogen and oxygen atoms in total. The van der Waals surface area contributed by atoms with E-state index in [1.54, 1.807) is 6.07 Å². The highest BCUT2D eigenvalue weighted by molar-refractivity contribution is 5.76. The SMILES string of the molecule is C.CC.O=C(O)C1CCCc2cc(-c3c(F)cccc3F)nnc21. The molecule has 1 aliphatic rings. The van der Waals surface area contributed by atoms with Gasteiger partial charge >= 0.3 is 5.97 Å². The van der Waals surface area contributed by atoms with E-state index >= 15 is 0 Å². The molecule has 1 aromatic heterocycles. The second-order valence-electron chi connectivity index (χ2n) is 5.02. The van der Waals surface area contributed by atoms with Gasteiger partial charge in [0, 0.05) is 0 Å². The van der Waals surface area contributed by atoms with E-state index in [9.17, 15) is 18.7 Å². The van der Waals surface area contributed by atoms with E-state index in [1.807, 2.05) is 13.8 Å². The normalized spacial score (nSPS) is 15.4. The summed E-state index contributed by atoms with van der Waals surface area (Å²) in [5.74, 6) is -3.07. The van der Waals surface area contributed by atoms with E-state index in [0.717, 1.165) is 12.1 Å². The summed E-state index contributed by atoms with van der Waals surface area (Å²) in [5, 5.41) is 16.9. The Morgan fingerprint density at radius 2 is 1.83 bits per heavy atom. The number of nitrogens with zero attached hydrogens (tertiary/aromatic N) is 2. The largest absolute Gasteiger partial charge is 0.481 e. The van der Waals surface area contributed by atoms with E-state index in [4.69, 9.17) is 0 Å². The van der Waals surface area contributed by atoms with Crippen LogP contribution in [0.1, 0.15) is 51.3 Å². The third kappa shape index (κ3) is 3.75. The van der Waals surface area contributed by atoms with Crippen LogP contribution in [0.2, 0.25) is 0 Å². The van der Waals surface area contributed by atoms with Crippen LogP contribution in [0.15, 0.2) is 24.3 Å². The molecule has 3 rings (SSSR count). The number of hydrogen-bond donors (Lipinski definition) is 1. The number of carboxylic acids is 1. The lowest BCUT2D eigenvalue weighted by Gasteiger charge is -2.20. The molecule has 0 amide bonds. The molecule has 0 fully saturated rings. The zero-order valence-electron chi connectivity index (χ0n) is 13.0. The molecule has 1 aromatic carbocycles. The van der Waals surface area contributed by atoms with E-state index in [2.05, 4.69) is 10.2 Å². The van der Waals surface area contributed by atoms with E-state index in [-0.39, 0.29) is 18.7 Å². The monoisotopic (exact) mass is 336 g/mol. The van der Waals surface area contributed by atoms with Crippen LogP contribution in [0.25, 0.3) is 11.3 Å². The van der Waals surface area contributed by atoms with Gasteiger partial charge in [0.1, 0.15) is 17.6 Å². The quantitative estimate of drug-likeness (QED) is 0.871. The number of aliphatic carboxylic acids is 1. The molecular weight excluding hydrogens is 314 g/mol. The fourth-order valence-corrected chi connectivity index (χ4v) is 2.67.